The van der Waals surface area contributed by atoms with Crippen LogP contribution in [0.2, 0.25) is 0 Å². The molecular formula is C64H112N8O16S. The van der Waals surface area contributed by atoms with E-state index in [2.05, 4.69) is 41.9 Å². The molecule has 1 rings (SSSR count). The van der Waals surface area contributed by atoms with E-state index in [1.807, 2.05) is 20.8 Å². The molecule has 3 atom stereocenters. The molecule has 0 aliphatic rings. The van der Waals surface area contributed by atoms with Crippen molar-refractivity contribution in [1.29, 1.82) is 0 Å². The first-order valence-corrected chi connectivity index (χ1v) is 35.0. The predicted molar refractivity (Wildman–Crippen MR) is 338 cm³/mol. The van der Waals surface area contributed by atoms with E-state index in [-0.39, 0.29) is 137 Å². The molecule has 0 bridgehead atoms. The van der Waals surface area contributed by atoms with Gasteiger partial charge < -0.3 is 41.0 Å². The molecule has 1 aromatic rings. The summed E-state index contributed by atoms with van der Waals surface area (Å²) in [5.74, 6) is -5.00. The maximum absolute atomic E-state index is 12.6. The third kappa shape index (κ3) is 48.0. The number of amides is 4. The Labute approximate surface area is 529 Å². The summed E-state index contributed by atoms with van der Waals surface area (Å²) in [6.45, 7) is 8.32. The summed E-state index contributed by atoms with van der Waals surface area (Å²) in [5, 5.41) is 43.7. The van der Waals surface area contributed by atoms with E-state index in [4.69, 9.17) is 9.47 Å². The number of hydrogen-bond acceptors (Lipinski definition) is 17. The first-order chi connectivity index (χ1) is 42.5. The number of unbranched alkanes of at least 4 members (excludes halogenated alkanes) is 21. The number of aryl methyl sites for hydroxylation is 1. The van der Waals surface area contributed by atoms with Crippen molar-refractivity contribution in [3.05, 3.63) is 5.82 Å². The van der Waals surface area contributed by atoms with Gasteiger partial charge in [0.15, 0.2) is 15.7 Å². The summed E-state index contributed by atoms with van der Waals surface area (Å²) in [4.78, 5) is 122. The number of Topliss-reactive ketones (excluding diaryl/α,β-unsaturated/α-hetero) is 4. The van der Waals surface area contributed by atoms with Gasteiger partial charge in [0.1, 0.15) is 47.6 Å². The minimum atomic E-state index is -3.55. The van der Waals surface area contributed by atoms with Gasteiger partial charge in [-0.05, 0) is 71.1 Å². The fourth-order valence-electron chi connectivity index (χ4n) is 9.93. The standard InChI is InChI=1S/C64H112N8O16S/c1-50(73)51(47-56(76)64(2,3)4)31-26-28-42-66-61(80)48-88-45-44-87-43-29-33-52(74)37-38-54(62(81)82)68-60(79)40-39-55(63(83)84)67-59(78)35-25-21-17-13-10-14-18-22-27-41-65-58(77)36-30-46-89(85,86)49-53(75)32-23-19-15-11-8-6-5-7-9-12-16-20-24-34-57-69-71-72-70-57/h51,54-55H,5-49H2,1-4H3,(H,65,77)(H,66,80)(H,67,78)(H,68,79)(H,81,82)(H,83,84)(H,69,70,71,72)/t51-,54?,55?/m1/s1. The normalized spacial score (nSPS) is 12.6. The van der Waals surface area contributed by atoms with Crippen LogP contribution in [-0.4, -0.2) is 161 Å². The minimum Gasteiger partial charge on any atom is -0.480 e. The molecule has 0 saturated carbocycles. The summed E-state index contributed by atoms with van der Waals surface area (Å²) in [6.07, 6.45) is 26.0. The first-order valence-electron chi connectivity index (χ1n) is 33.2. The van der Waals surface area contributed by atoms with Crippen LogP contribution in [0.1, 0.15) is 265 Å². The number of carboxylic acid groups (broad SMARTS) is 2. The molecule has 0 fully saturated rings. The number of tetrazole rings is 1. The van der Waals surface area contributed by atoms with Gasteiger partial charge in [0.2, 0.25) is 23.6 Å². The van der Waals surface area contributed by atoms with Crippen LogP contribution in [0.4, 0.5) is 0 Å². The summed E-state index contributed by atoms with van der Waals surface area (Å²) >= 11 is 0. The number of ketones is 4. The van der Waals surface area contributed by atoms with Crippen LogP contribution in [-0.2, 0) is 73.7 Å². The number of H-pyrrole nitrogens is 1. The minimum absolute atomic E-state index is 0.0136. The molecule has 0 aliphatic heterocycles. The molecule has 0 radical (unpaired) electrons. The molecule has 0 aliphatic carbocycles. The highest BCUT2D eigenvalue weighted by Gasteiger charge is 2.27. The summed E-state index contributed by atoms with van der Waals surface area (Å²) < 4.78 is 35.8. The summed E-state index contributed by atoms with van der Waals surface area (Å²) in [5.41, 5.74) is -0.500. The topological polar surface area (TPSA) is 366 Å². The number of aromatic nitrogens is 4. The maximum atomic E-state index is 12.6. The van der Waals surface area contributed by atoms with E-state index < -0.39 is 56.8 Å². The van der Waals surface area contributed by atoms with Crippen molar-refractivity contribution in [2.24, 2.45) is 11.3 Å². The Morgan fingerprint density at radius 3 is 1.52 bits per heavy atom. The van der Waals surface area contributed by atoms with Crippen LogP contribution in [0.25, 0.3) is 0 Å². The second kappa shape index (κ2) is 51.1. The predicted octanol–water partition coefficient (Wildman–Crippen LogP) is 8.56. The van der Waals surface area contributed by atoms with Crippen LogP contribution in [0, 0.1) is 11.3 Å². The number of aromatic amines is 1. The van der Waals surface area contributed by atoms with Gasteiger partial charge in [-0.25, -0.2) is 18.0 Å². The number of ether oxygens (including phenoxy) is 2. The zero-order valence-corrected chi connectivity index (χ0v) is 55.2. The zero-order chi connectivity index (χ0) is 66.0. The van der Waals surface area contributed by atoms with Crippen LogP contribution in [0.5, 0.6) is 0 Å². The Balaban J connectivity index is 2.03. The van der Waals surface area contributed by atoms with Crippen molar-refractivity contribution in [2.45, 2.75) is 277 Å². The number of rotatable bonds is 61. The van der Waals surface area contributed by atoms with Crippen LogP contribution < -0.4 is 21.3 Å². The van der Waals surface area contributed by atoms with Gasteiger partial charge in [0, 0.05) is 82.4 Å². The monoisotopic (exact) mass is 1280 g/mol. The highest BCUT2D eigenvalue weighted by atomic mass is 32.2. The number of carbonyl (C=O) groups excluding carboxylic acids is 8. The lowest BCUT2D eigenvalue weighted by atomic mass is 9.82. The summed E-state index contributed by atoms with van der Waals surface area (Å²) in [6, 6.07) is -2.72. The number of sulfone groups is 1. The zero-order valence-electron chi connectivity index (χ0n) is 54.4. The molecule has 1 heterocycles. The van der Waals surface area contributed by atoms with Gasteiger partial charge in [-0.15, -0.1) is 10.2 Å². The number of hydrogen-bond donors (Lipinski definition) is 7. The van der Waals surface area contributed by atoms with Crippen LogP contribution >= 0.6 is 0 Å². The third-order valence-electron chi connectivity index (χ3n) is 15.5. The number of carbonyl (C=O) groups is 10. The lowest BCUT2D eigenvalue weighted by Crippen LogP contribution is -2.44. The van der Waals surface area contributed by atoms with E-state index in [0.29, 0.717) is 51.6 Å². The fourth-order valence-corrected chi connectivity index (χ4v) is 11.3. The van der Waals surface area contributed by atoms with Crippen molar-refractivity contribution in [3.8, 4) is 0 Å². The average molecular weight is 1280 g/mol. The Bertz CT molecular complexity index is 2300. The van der Waals surface area contributed by atoms with Crippen LogP contribution in [0.3, 0.4) is 0 Å². The molecule has 89 heavy (non-hydrogen) atoms. The maximum Gasteiger partial charge on any atom is 0.326 e. The molecule has 24 nitrogen and oxygen atoms in total. The Hall–Kier alpha value is -5.56. The molecule has 0 saturated heterocycles. The molecule has 0 aromatic carbocycles. The Kier molecular flexibility index (Phi) is 46.8. The van der Waals surface area contributed by atoms with Gasteiger partial charge >= 0.3 is 11.9 Å². The lowest BCUT2D eigenvalue weighted by molar-refractivity contribution is -0.143. The molecule has 4 amide bonds. The van der Waals surface area contributed by atoms with Gasteiger partial charge in [-0.2, -0.15) is 5.21 Å². The number of carboxylic acids is 2. The molecule has 0 spiro atoms. The smallest absolute Gasteiger partial charge is 0.326 e. The highest BCUT2D eigenvalue weighted by molar-refractivity contribution is 7.92. The Morgan fingerprint density at radius 2 is 0.978 bits per heavy atom. The number of nitrogens with one attached hydrogen (secondary N) is 5. The van der Waals surface area contributed by atoms with Crippen LogP contribution in [0.15, 0.2) is 0 Å². The van der Waals surface area contributed by atoms with Gasteiger partial charge in [0.05, 0.1) is 19.0 Å². The van der Waals surface area contributed by atoms with Crippen molar-refractivity contribution in [1.82, 2.24) is 41.9 Å². The molecule has 25 heteroatoms. The SMILES string of the molecule is CC(=O)[C@H](CCCCNC(=O)COCCOCCCC(=O)CCC(NC(=O)CCC(NC(=O)CCCCCCCCCCCNC(=O)CCCS(=O)(=O)CC(=O)CCCCCCCCCCCCCCCc1nn[nH]n1)C(=O)O)C(=O)O)CC(=O)C(C)(C)C. The highest BCUT2D eigenvalue weighted by Crippen LogP contribution is 2.24. The lowest BCUT2D eigenvalue weighted by Gasteiger charge is -2.20. The first kappa shape index (κ1) is 81.5. The van der Waals surface area contributed by atoms with E-state index in [1.54, 1.807) is 0 Å². The van der Waals surface area contributed by atoms with Crippen molar-refractivity contribution in [2.75, 3.05) is 51.0 Å². The second-order valence-corrected chi connectivity index (χ2v) is 27.0. The van der Waals surface area contributed by atoms with E-state index in [9.17, 15) is 66.6 Å². The van der Waals surface area contributed by atoms with Crippen molar-refractivity contribution >= 4 is 68.5 Å². The second-order valence-electron chi connectivity index (χ2n) is 24.8. The molecular weight excluding hydrogens is 1170 g/mol. The van der Waals surface area contributed by atoms with Crippen molar-refractivity contribution in [3.63, 3.8) is 0 Å². The van der Waals surface area contributed by atoms with E-state index in [1.165, 1.54) is 58.3 Å². The quantitative estimate of drug-likeness (QED) is 0.0300. The fraction of sp³-hybridized carbons (Fsp3) is 0.828. The molecule has 7 N–H and O–H groups in total. The number of aliphatic carboxylic acids is 2. The molecule has 1 aromatic heterocycles. The largest absolute Gasteiger partial charge is 0.480 e. The third-order valence-corrected chi connectivity index (χ3v) is 17.2. The van der Waals surface area contributed by atoms with Gasteiger partial charge in [-0.1, -0.05) is 148 Å². The summed E-state index contributed by atoms with van der Waals surface area (Å²) in [7, 11) is -3.55. The van der Waals surface area contributed by atoms with E-state index in [0.717, 1.165) is 89.3 Å². The molecule has 510 valence electrons. The van der Waals surface area contributed by atoms with Gasteiger partial charge in [0.25, 0.3) is 0 Å². The van der Waals surface area contributed by atoms with Crippen molar-refractivity contribution < 1.29 is 76.0 Å². The number of nitrogens with zero attached hydrogens (tertiary/aromatic N) is 3. The van der Waals surface area contributed by atoms with Gasteiger partial charge in [-0.3, -0.25) is 38.4 Å². The Morgan fingerprint density at radius 1 is 0.506 bits per heavy atom. The average Bonchev–Trinajstić information content (AvgIpc) is 4.18. The molecule has 2 unspecified atom stereocenters. The van der Waals surface area contributed by atoms with E-state index >= 15 is 0 Å².